The van der Waals surface area contributed by atoms with Crippen LogP contribution >= 0.6 is 0 Å². The van der Waals surface area contributed by atoms with E-state index in [0.29, 0.717) is 18.7 Å². The first kappa shape index (κ1) is 20.5. The van der Waals surface area contributed by atoms with Crippen LogP contribution in [0.3, 0.4) is 0 Å². The van der Waals surface area contributed by atoms with Gasteiger partial charge in [0.1, 0.15) is 5.75 Å². The van der Waals surface area contributed by atoms with Crippen LogP contribution in [0, 0.1) is 0 Å². The van der Waals surface area contributed by atoms with E-state index in [-0.39, 0.29) is 5.75 Å². The molecule has 1 aliphatic heterocycles. The number of nitrogens with one attached hydrogen (secondary N) is 2. The Balaban J connectivity index is 1.78. The third-order valence-electron chi connectivity index (χ3n) is 4.46. The van der Waals surface area contributed by atoms with Crippen molar-refractivity contribution in [1.82, 2.24) is 15.5 Å². The van der Waals surface area contributed by atoms with Gasteiger partial charge >= 0.3 is 0 Å². The van der Waals surface area contributed by atoms with E-state index in [4.69, 9.17) is 4.74 Å². The van der Waals surface area contributed by atoms with Gasteiger partial charge in [-0.1, -0.05) is 12.1 Å². The first-order valence-electron chi connectivity index (χ1n) is 9.73. The fraction of sp³-hybridized carbons (Fsp3) is 0.650. The Kier molecular flexibility index (Phi) is 8.71. The molecule has 1 aliphatic rings. The van der Waals surface area contributed by atoms with Crippen LogP contribution < -0.4 is 10.6 Å². The molecule has 1 aromatic carbocycles. The lowest BCUT2D eigenvalue weighted by Gasteiger charge is -2.33. The molecule has 1 saturated heterocycles. The van der Waals surface area contributed by atoms with Gasteiger partial charge < -0.3 is 25.4 Å². The number of rotatable bonds is 8. The highest BCUT2D eigenvalue weighted by Gasteiger charge is 2.19. The summed E-state index contributed by atoms with van der Waals surface area (Å²) in [6, 6.07) is 7.70. The fourth-order valence-corrected chi connectivity index (χ4v) is 3.06. The third kappa shape index (κ3) is 7.62. The second-order valence-electron chi connectivity index (χ2n) is 7.04. The summed E-state index contributed by atoms with van der Waals surface area (Å²) in [4.78, 5) is 7.13. The predicted octanol–water partition coefficient (Wildman–Crippen LogP) is 2.34. The lowest BCUT2D eigenvalue weighted by Crippen LogP contribution is -2.49. The third-order valence-corrected chi connectivity index (χ3v) is 4.46. The number of guanidine groups is 1. The van der Waals surface area contributed by atoms with Gasteiger partial charge in [0.2, 0.25) is 0 Å². The Hall–Kier alpha value is -1.79. The number of aliphatic imine (C=N–C) groups is 1. The second-order valence-corrected chi connectivity index (χ2v) is 7.04. The molecule has 0 bridgehead atoms. The summed E-state index contributed by atoms with van der Waals surface area (Å²) in [5, 5.41) is 16.4. The molecule has 0 unspecified atom stereocenters. The number of piperidine rings is 1. The number of likely N-dealkylation sites (tertiary alicyclic amines) is 1. The smallest absolute Gasteiger partial charge is 0.191 e. The minimum atomic E-state index is 0.282. The van der Waals surface area contributed by atoms with Crippen molar-refractivity contribution in [3.8, 4) is 5.75 Å². The van der Waals surface area contributed by atoms with Gasteiger partial charge in [0.25, 0.3) is 0 Å². The standard InChI is InChI=1S/C20H34N4O2/c1-4-21-20(22-15-17-6-5-7-19(25)14-17)23-18-8-10-24(11-9-18)12-13-26-16(2)3/h5-7,14,16,18,25H,4,8-13,15H2,1-3H3,(H2,21,22,23). The lowest BCUT2D eigenvalue weighted by atomic mass is 10.1. The molecule has 1 fully saturated rings. The van der Waals surface area contributed by atoms with Crippen LogP contribution in [-0.2, 0) is 11.3 Å². The number of nitrogens with zero attached hydrogens (tertiary/aromatic N) is 2. The van der Waals surface area contributed by atoms with Gasteiger partial charge in [0.15, 0.2) is 5.96 Å². The molecular weight excluding hydrogens is 328 g/mol. The molecule has 26 heavy (non-hydrogen) atoms. The minimum Gasteiger partial charge on any atom is -0.508 e. The molecule has 0 aromatic heterocycles. The van der Waals surface area contributed by atoms with E-state index in [1.54, 1.807) is 12.1 Å². The molecule has 6 nitrogen and oxygen atoms in total. The topological polar surface area (TPSA) is 69.1 Å². The van der Waals surface area contributed by atoms with Crippen molar-refractivity contribution in [1.29, 1.82) is 0 Å². The summed E-state index contributed by atoms with van der Waals surface area (Å²) in [7, 11) is 0. The summed E-state index contributed by atoms with van der Waals surface area (Å²) in [6.07, 6.45) is 2.52. The first-order chi connectivity index (χ1) is 12.6. The predicted molar refractivity (Wildman–Crippen MR) is 107 cm³/mol. The van der Waals surface area contributed by atoms with Gasteiger partial charge in [0.05, 0.1) is 19.3 Å². The Bertz CT molecular complexity index is 554. The van der Waals surface area contributed by atoms with Gasteiger partial charge in [-0.3, -0.25) is 0 Å². The van der Waals surface area contributed by atoms with Crippen LogP contribution in [-0.4, -0.2) is 60.9 Å². The molecular formula is C20H34N4O2. The molecule has 2 rings (SSSR count). The minimum absolute atomic E-state index is 0.282. The second kappa shape index (κ2) is 11.0. The van der Waals surface area contributed by atoms with Gasteiger partial charge in [0, 0.05) is 32.2 Å². The van der Waals surface area contributed by atoms with Gasteiger partial charge in [-0.25, -0.2) is 4.99 Å². The number of aromatic hydroxyl groups is 1. The van der Waals surface area contributed by atoms with E-state index in [2.05, 4.69) is 41.3 Å². The Morgan fingerprint density at radius 2 is 2.12 bits per heavy atom. The Labute approximate surface area is 157 Å². The Morgan fingerprint density at radius 1 is 1.35 bits per heavy atom. The van der Waals surface area contributed by atoms with Crippen molar-refractivity contribution < 1.29 is 9.84 Å². The van der Waals surface area contributed by atoms with Crippen LogP contribution in [0.15, 0.2) is 29.3 Å². The number of ether oxygens (including phenoxy) is 1. The van der Waals surface area contributed by atoms with E-state index in [1.807, 2.05) is 12.1 Å². The van der Waals surface area contributed by atoms with Crippen LogP contribution in [0.1, 0.15) is 39.2 Å². The number of phenols is 1. The largest absolute Gasteiger partial charge is 0.508 e. The van der Waals surface area contributed by atoms with Gasteiger partial charge in [-0.05, 0) is 51.3 Å². The number of hydrogen-bond acceptors (Lipinski definition) is 4. The van der Waals surface area contributed by atoms with Crippen molar-refractivity contribution in [2.45, 2.75) is 52.3 Å². The van der Waals surface area contributed by atoms with E-state index in [0.717, 1.165) is 57.2 Å². The van der Waals surface area contributed by atoms with E-state index in [1.165, 1.54) is 0 Å². The zero-order valence-electron chi connectivity index (χ0n) is 16.4. The van der Waals surface area contributed by atoms with Crippen LogP contribution in [0.4, 0.5) is 0 Å². The SMILES string of the molecule is CCNC(=NCc1cccc(O)c1)NC1CCN(CCOC(C)C)CC1. The Morgan fingerprint density at radius 3 is 2.77 bits per heavy atom. The molecule has 0 radical (unpaired) electrons. The normalized spacial score (nSPS) is 16.8. The highest BCUT2D eigenvalue weighted by atomic mass is 16.5. The maximum absolute atomic E-state index is 9.57. The average molecular weight is 363 g/mol. The van der Waals surface area contributed by atoms with Crippen LogP contribution in [0.2, 0.25) is 0 Å². The summed E-state index contributed by atoms with van der Waals surface area (Å²) in [6.45, 7) is 11.6. The van der Waals surface area contributed by atoms with Crippen molar-refractivity contribution in [3.63, 3.8) is 0 Å². The maximum Gasteiger partial charge on any atom is 0.191 e. The van der Waals surface area contributed by atoms with E-state index < -0.39 is 0 Å². The van der Waals surface area contributed by atoms with Crippen molar-refractivity contribution >= 4 is 5.96 Å². The molecule has 0 aliphatic carbocycles. The molecule has 1 heterocycles. The van der Waals surface area contributed by atoms with Crippen LogP contribution in [0.25, 0.3) is 0 Å². The molecule has 6 heteroatoms. The van der Waals surface area contributed by atoms with Crippen molar-refractivity contribution in [3.05, 3.63) is 29.8 Å². The fourth-order valence-electron chi connectivity index (χ4n) is 3.06. The maximum atomic E-state index is 9.57. The van der Waals surface area contributed by atoms with E-state index in [9.17, 15) is 5.11 Å². The highest BCUT2D eigenvalue weighted by Crippen LogP contribution is 2.12. The summed E-state index contributed by atoms with van der Waals surface area (Å²) < 4.78 is 5.65. The summed E-state index contributed by atoms with van der Waals surface area (Å²) in [5.41, 5.74) is 1.00. The van der Waals surface area contributed by atoms with Gasteiger partial charge in [-0.2, -0.15) is 0 Å². The first-order valence-corrected chi connectivity index (χ1v) is 9.73. The monoisotopic (exact) mass is 362 g/mol. The van der Waals surface area contributed by atoms with Crippen molar-refractivity contribution in [2.75, 3.05) is 32.8 Å². The average Bonchev–Trinajstić information content (AvgIpc) is 2.61. The molecule has 0 atom stereocenters. The molecule has 0 amide bonds. The molecule has 0 spiro atoms. The highest BCUT2D eigenvalue weighted by molar-refractivity contribution is 5.80. The molecule has 0 saturated carbocycles. The van der Waals surface area contributed by atoms with E-state index >= 15 is 0 Å². The quantitative estimate of drug-likeness (QED) is 0.489. The summed E-state index contributed by atoms with van der Waals surface area (Å²) in [5.74, 6) is 1.13. The summed E-state index contributed by atoms with van der Waals surface area (Å²) >= 11 is 0. The van der Waals surface area contributed by atoms with Crippen LogP contribution in [0.5, 0.6) is 5.75 Å². The zero-order valence-corrected chi connectivity index (χ0v) is 16.4. The number of phenolic OH excluding ortho intramolecular Hbond substituents is 1. The number of hydrogen-bond donors (Lipinski definition) is 3. The van der Waals surface area contributed by atoms with Gasteiger partial charge in [-0.15, -0.1) is 0 Å². The lowest BCUT2D eigenvalue weighted by molar-refractivity contribution is 0.0532. The zero-order chi connectivity index (χ0) is 18.8. The number of benzene rings is 1. The molecule has 146 valence electrons. The molecule has 1 aromatic rings. The molecule has 3 N–H and O–H groups in total. The van der Waals surface area contributed by atoms with Crippen molar-refractivity contribution in [2.24, 2.45) is 4.99 Å².